The summed E-state index contributed by atoms with van der Waals surface area (Å²) in [6, 6.07) is 4.94. The second kappa shape index (κ2) is 5.85. The monoisotopic (exact) mass is 329 g/mol. The van der Waals surface area contributed by atoms with E-state index in [2.05, 4.69) is 15.9 Å². The number of fused-ring (bicyclic) bond motifs is 1. The third-order valence-electron chi connectivity index (χ3n) is 2.95. The summed E-state index contributed by atoms with van der Waals surface area (Å²) in [4.78, 5) is 25.2. The van der Waals surface area contributed by atoms with Gasteiger partial charge in [-0.1, -0.05) is 34.0 Å². The Morgan fingerprint density at radius 2 is 1.94 bits per heavy atom. The maximum Gasteiger partial charge on any atom is 0.299 e. The van der Waals surface area contributed by atoms with Crippen molar-refractivity contribution in [2.75, 3.05) is 16.8 Å². The zero-order valence-corrected chi connectivity index (χ0v) is 12.1. The number of alkyl halides is 1. The molecule has 1 aromatic rings. The van der Waals surface area contributed by atoms with Crippen LogP contribution in [-0.2, 0) is 4.79 Å². The first kappa shape index (κ1) is 13.6. The van der Waals surface area contributed by atoms with E-state index < -0.39 is 11.7 Å². The topological polar surface area (TPSA) is 37.4 Å². The van der Waals surface area contributed by atoms with Crippen LogP contribution in [0, 0.1) is 0 Å². The number of anilines is 1. The van der Waals surface area contributed by atoms with Crippen LogP contribution in [0.25, 0.3) is 0 Å². The Bertz CT molecular complexity index is 490. The summed E-state index contributed by atoms with van der Waals surface area (Å²) in [5.74, 6) is -0.867. The van der Waals surface area contributed by atoms with E-state index in [-0.39, 0.29) is 0 Å². The summed E-state index contributed by atoms with van der Waals surface area (Å²) in [5.41, 5.74) is 1.11. The molecule has 0 fully saturated rings. The molecule has 1 aliphatic heterocycles. The largest absolute Gasteiger partial charge is 0.305 e. The molecule has 0 saturated carbocycles. The maximum atomic E-state index is 11.9. The molecule has 1 aromatic carbocycles. The lowest BCUT2D eigenvalue weighted by molar-refractivity contribution is -0.114. The lowest BCUT2D eigenvalue weighted by Crippen LogP contribution is -2.30. The Labute approximate surface area is 119 Å². The highest BCUT2D eigenvalue weighted by molar-refractivity contribution is 9.09. The molecule has 0 aromatic heterocycles. The van der Waals surface area contributed by atoms with Gasteiger partial charge >= 0.3 is 0 Å². The summed E-state index contributed by atoms with van der Waals surface area (Å²) >= 11 is 9.28. The first-order chi connectivity index (χ1) is 8.65. The van der Waals surface area contributed by atoms with E-state index in [9.17, 15) is 9.59 Å². The van der Waals surface area contributed by atoms with Crippen LogP contribution in [0.3, 0.4) is 0 Å². The fourth-order valence-electron chi connectivity index (χ4n) is 2.03. The molecule has 0 bridgehead atoms. The number of unbranched alkanes of at least 4 members (excludes halogenated alkanes) is 2. The van der Waals surface area contributed by atoms with E-state index in [0.717, 1.165) is 24.6 Å². The fraction of sp³-hybridized carbons (Fsp3) is 0.385. The first-order valence-corrected chi connectivity index (χ1v) is 7.37. The average molecular weight is 331 g/mol. The number of carbonyl (C=O) groups is 2. The first-order valence-electron chi connectivity index (χ1n) is 5.87. The van der Waals surface area contributed by atoms with Crippen LogP contribution in [0.15, 0.2) is 18.2 Å². The number of carbonyl (C=O) groups excluding carboxylic acids is 2. The lowest BCUT2D eigenvalue weighted by Gasteiger charge is -2.16. The quantitative estimate of drug-likeness (QED) is 0.471. The Morgan fingerprint density at radius 1 is 1.17 bits per heavy atom. The van der Waals surface area contributed by atoms with Crippen LogP contribution >= 0.6 is 27.5 Å². The van der Waals surface area contributed by atoms with Gasteiger partial charge in [0.2, 0.25) is 0 Å². The van der Waals surface area contributed by atoms with E-state index in [1.165, 1.54) is 4.90 Å². The third-order valence-corrected chi connectivity index (χ3v) is 3.75. The van der Waals surface area contributed by atoms with Crippen molar-refractivity contribution < 1.29 is 9.59 Å². The smallest absolute Gasteiger partial charge is 0.299 e. The zero-order valence-electron chi connectivity index (χ0n) is 9.79. The molecule has 1 amide bonds. The van der Waals surface area contributed by atoms with E-state index in [4.69, 9.17) is 11.6 Å². The summed E-state index contributed by atoms with van der Waals surface area (Å²) in [6.45, 7) is 0.574. The SMILES string of the molecule is O=C1C(=O)N(CCCCCBr)c2cc(Cl)ccc21. The molecule has 0 saturated heterocycles. The summed E-state index contributed by atoms with van der Waals surface area (Å²) in [7, 11) is 0. The molecular formula is C13H13BrClNO2. The Hall–Kier alpha value is -0.870. The van der Waals surface area contributed by atoms with Gasteiger partial charge in [-0.2, -0.15) is 0 Å². The maximum absolute atomic E-state index is 11.9. The molecule has 5 heteroatoms. The molecule has 0 N–H and O–H groups in total. The molecule has 18 heavy (non-hydrogen) atoms. The highest BCUT2D eigenvalue weighted by Crippen LogP contribution is 2.31. The van der Waals surface area contributed by atoms with E-state index >= 15 is 0 Å². The Morgan fingerprint density at radius 3 is 2.67 bits per heavy atom. The van der Waals surface area contributed by atoms with Gasteiger partial charge < -0.3 is 4.90 Å². The molecule has 96 valence electrons. The van der Waals surface area contributed by atoms with Crippen molar-refractivity contribution in [3.8, 4) is 0 Å². The highest BCUT2D eigenvalue weighted by Gasteiger charge is 2.35. The van der Waals surface area contributed by atoms with Gasteiger partial charge in [0.1, 0.15) is 0 Å². The normalized spacial score (nSPS) is 14.2. The predicted molar refractivity (Wildman–Crippen MR) is 75.8 cm³/mol. The molecule has 2 rings (SSSR count). The van der Waals surface area contributed by atoms with Gasteiger partial charge in [0, 0.05) is 16.9 Å². The second-order valence-electron chi connectivity index (χ2n) is 4.20. The minimum Gasteiger partial charge on any atom is -0.305 e. The number of hydrogen-bond donors (Lipinski definition) is 0. The van der Waals surface area contributed by atoms with Gasteiger partial charge in [0.25, 0.3) is 11.7 Å². The molecular weight excluding hydrogens is 318 g/mol. The number of amides is 1. The number of Topliss-reactive ketones (excluding diaryl/α,β-unsaturated/α-hetero) is 1. The number of ketones is 1. The molecule has 1 heterocycles. The van der Waals surface area contributed by atoms with E-state index in [1.807, 2.05) is 0 Å². The van der Waals surface area contributed by atoms with Gasteiger partial charge in [0.15, 0.2) is 0 Å². The van der Waals surface area contributed by atoms with Crippen molar-refractivity contribution in [2.45, 2.75) is 19.3 Å². The van der Waals surface area contributed by atoms with Gasteiger partial charge in [-0.15, -0.1) is 0 Å². The second-order valence-corrected chi connectivity index (χ2v) is 5.43. The van der Waals surface area contributed by atoms with E-state index in [0.29, 0.717) is 22.8 Å². The van der Waals surface area contributed by atoms with Crippen molar-refractivity contribution >= 4 is 44.9 Å². The van der Waals surface area contributed by atoms with Crippen LogP contribution in [0.1, 0.15) is 29.6 Å². The molecule has 1 aliphatic rings. The number of halogens is 2. The summed E-state index contributed by atoms with van der Waals surface area (Å²) in [5, 5.41) is 1.50. The van der Waals surface area contributed by atoms with Crippen LogP contribution in [0.5, 0.6) is 0 Å². The molecule has 3 nitrogen and oxygen atoms in total. The van der Waals surface area contributed by atoms with E-state index in [1.54, 1.807) is 18.2 Å². The molecule has 0 atom stereocenters. The Kier molecular flexibility index (Phi) is 4.40. The minimum absolute atomic E-state index is 0.429. The van der Waals surface area contributed by atoms with Gasteiger partial charge in [0.05, 0.1) is 11.3 Å². The number of rotatable bonds is 5. The molecule has 0 radical (unpaired) electrons. The van der Waals surface area contributed by atoms with Crippen molar-refractivity contribution in [2.24, 2.45) is 0 Å². The summed E-state index contributed by atoms with van der Waals surface area (Å²) < 4.78 is 0. The number of benzene rings is 1. The van der Waals surface area contributed by atoms with Crippen molar-refractivity contribution in [1.82, 2.24) is 0 Å². The number of hydrogen-bond acceptors (Lipinski definition) is 2. The average Bonchev–Trinajstić information content (AvgIpc) is 2.59. The van der Waals surface area contributed by atoms with Crippen LogP contribution in [0.2, 0.25) is 5.02 Å². The predicted octanol–water partition coefficient (Wildman–Crippen LogP) is 3.43. The van der Waals surface area contributed by atoms with Crippen molar-refractivity contribution in [1.29, 1.82) is 0 Å². The van der Waals surface area contributed by atoms with Crippen LogP contribution < -0.4 is 4.90 Å². The summed E-state index contributed by atoms with van der Waals surface area (Å²) in [6.07, 6.45) is 2.98. The zero-order chi connectivity index (χ0) is 13.1. The van der Waals surface area contributed by atoms with Gasteiger partial charge in [-0.3, -0.25) is 9.59 Å². The van der Waals surface area contributed by atoms with Gasteiger partial charge in [-0.25, -0.2) is 0 Å². The fourth-order valence-corrected chi connectivity index (χ4v) is 2.59. The standard InChI is InChI=1S/C13H13BrClNO2/c14-6-2-1-3-7-16-11-8-9(15)4-5-10(11)12(17)13(16)18/h4-5,8H,1-3,6-7H2. The minimum atomic E-state index is -0.439. The Balaban J connectivity index is 2.14. The lowest BCUT2D eigenvalue weighted by atomic mass is 10.1. The number of nitrogens with zero attached hydrogens (tertiary/aromatic N) is 1. The van der Waals surface area contributed by atoms with Gasteiger partial charge in [-0.05, 0) is 31.0 Å². The molecule has 0 aliphatic carbocycles. The molecule has 0 spiro atoms. The van der Waals surface area contributed by atoms with Crippen LogP contribution in [-0.4, -0.2) is 23.6 Å². The molecule has 0 unspecified atom stereocenters. The van der Waals surface area contributed by atoms with Crippen molar-refractivity contribution in [3.05, 3.63) is 28.8 Å². The third kappa shape index (κ3) is 2.59. The van der Waals surface area contributed by atoms with Crippen molar-refractivity contribution in [3.63, 3.8) is 0 Å². The highest BCUT2D eigenvalue weighted by atomic mass is 79.9. The van der Waals surface area contributed by atoms with Crippen LogP contribution in [0.4, 0.5) is 5.69 Å².